The molecule has 0 saturated carbocycles. The molecule has 0 aliphatic heterocycles. The lowest BCUT2D eigenvalue weighted by Gasteiger charge is -2.02. The van der Waals surface area contributed by atoms with Crippen molar-refractivity contribution in [1.82, 2.24) is 10.1 Å². The van der Waals surface area contributed by atoms with E-state index < -0.39 is 0 Å². The minimum Gasteiger partial charge on any atom is -0.334 e. The zero-order valence-electron chi connectivity index (χ0n) is 10.4. The smallest absolute Gasteiger partial charge is 0.258 e. The maximum Gasteiger partial charge on any atom is 0.258 e. The maximum atomic E-state index is 5.58. The van der Waals surface area contributed by atoms with Crippen molar-refractivity contribution in [2.75, 3.05) is 6.54 Å². The first-order valence-corrected chi connectivity index (χ1v) is 5.73. The van der Waals surface area contributed by atoms with Gasteiger partial charge in [-0.25, -0.2) is 0 Å². The third kappa shape index (κ3) is 2.36. The fourth-order valence-electron chi connectivity index (χ4n) is 1.70. The Kier molecular flexibility index (Phi) is 3.24. The minimum absolute atomic E-state index is 0.123. The molecule has 1 aromatic carbocycles. The summed E-state index contributed by atoms with van der Waals surface area (Å²) in [6, 6.07) is 6.15. The normalized spacial score (nSPS) is 12.7. The van der Waals surface area contributed by atoms with E-state index in [1.54, 1.807) is 0 Å². The molecule has 2 aromatic rings. The number of benzene rings is 1. The van der Waals surface area contributed by atoms with Gasteiger partial charge in [0, 0.05) is 18.0 Å². The molecule has 1 heterocycles. The van der Waals surface area contributed by atoms with Gasteiger partial charge in [-0.2, -0.15) is 4.98 Å². The first-order valence-electron chi connectivity index (χ1n) is 5.73. The third-order valence-corrected chi connectivity index (χ3v) is 2.85. The van der Waals surface area contributed by atoms with Crippen LogP contribution in [0.3, 0.4) is 0 Å². The van der Waals surface area contributed by atoms with Crippen molar-refractivity contribution in [3.63, 3.8) is 0 Å². The van der Waals surface area contributed by atoms with Gasteiger partial charge in [-0.15, -0.1) is 0 Å². The van der Waals surface area contributed by atoms with Crippen LogP contribution in [-0.2, 0) is 0 Å². The van der Waals surface area contributed by atoms with Gasteiger partial charge in [0.2, 0.25) is 0 Å². The molecule has 1 aromatic heterocycles. The fourth-order valence-corrected chi connectivity index (χ4v) is 1.70. The number of aryl methyl sites for hydroxylation is 2. The van der Waals surface area contributed by atoms with Crippen LogP contribution >= 0.6 is 0 Å². The topological polar surface area (TPSA) is 64.9 Å². The van der Waals surface area contributed by atoms with E-state index in [2.05, 4.69) is 23.1 Å². The van der Waals surface area contributed by atoms with Gasteiger partial charge in [-0.1, -0.05) is 29.8 Å². The lowest BCUT2D eigenvalue weighted by atomic mass is 10.1. The molecule has 0 aliphatic rings. The summed E-state index contributed by atoms with van der Waals surface area (Å²) in [4.78, 5) is 4.38. The molecule has 90 valence electrons. The van der Waals surface area contributed by atoms with Crippen LogP contribution in [0.15, 0.2) is 22.7 Å². The zero-order valence-corrected chi connectivity index (χ0v) is 10.4. The highest BCUT2D eigenvalue weighted by molar-refractivity contribution is 5.58. The Morgan fingerprint density at radius 1 is 1.35 bits per heavy atom. The molecule has 2 N–H and O–H groups in total. The quantitative estimate of drug-likeness (QED) is 0.881. The molecule has 2 rings (SSSR count). The van der Waals surface area contributed by atoms with Crippen molar-refractivity contribution < 1.29 is 4.52 Å². The molecule has 1 unspecified atom stereocenters. The minimum atomic E-state index is 0.123. The highest BCUT2D eigenvalue weighted by Crippen LogP contribution is 2.23. The SMILES string of the molecule is Cc1ccc(-c2nc(C(C)CN)no2)c(C)c1. The summed E-state index contributed by atoms with van der Waals surface area (Å²) >= 11 is 0. The number of nitrogens with zero attached hydrogens (tertiary/aromatic N) is 2. The largest absolute Gasteiger partial charge is 0.334 e. The maximum absolute atomic E-state index is 5.58. The van der Waals surface area contributed by atoms with Gasteiger partial charge in [0.15, 0.2) is 5.82 Å². The molecule has 0 bridgehead atoms. The van der Waals surface area contributed by atoms with Crippen LogP contribution < -0.4 is 5.73 Å². The Bertz CT molecular complexity index is 519. The Hall–Kier alpha value is -1.68. The first-order chi connectivity index (χ1) is 8.11. The van der Waals surface area contributed by atoms with Gasteiger partial charge < -0.3 is 10.3 Å². The number of hydrogen-bond acceptors (Lipinski definition) is 4. The molecule has 0 spiro atoms. The van der Waals surface area contributed by atoms with Crippen molar-refractivity contribution >= 4 is 0 Å². The van der Waals surface area contributed by atoms with E-state index in [4.69, 9.17) is 10.3 Å². The second kappa shape index (κ2) is 4.67. The van der Waals surface area contributed by atoms with Gasteiger partial charge in [0.25, 0.3) is 5.89 Å². The molecule has 0 amide bonds. The van der Waals surface area contributed by atoms with E-state index >= 15 is 0 Å². The Balaban J connectivity index is 2.37. The van der Waals surface area contributed by atoms with Crippen molar-refractivity contribution in [3.8, 4) is 11.5 Å². The van der Waals surface area contributed by atoms with Gasteiger partial charge in [-0.3, -0.25) is 0 Å². The van der Waals surface area contributed by atoms with Crippen LogP contribution in [0.1, 0.15) is 29.8 Å². The summed E-state index contributed by atoms with van der Waals surface area (Å²) in [6.07, 6.45) is 0. The molecular formula is C13H17N3O. The number of hydrogen-bond donors (Lipinski definition) is 1. The summed E-state index contributed by atoms with van der Waals surface area (Å²) in [7, 11) is 0. The lowest BCUT2D eigenvalue weighted by molar-refractivity contribution is 0.417. The average molecular weight is 231 g/mol. The van der Waals surface area contributed by atoms with Crippen LogP contribution in [0, 0.1) is 13.8 Å². The van der Waals surface area contributed by atoms with Crippen molar-refractivity contribution in [2.24, 2.45) is 5.73 Å². The van der Waals surface area contributed by atoms with E-state index in [0.29, 0.717) is 18.3 Å². The van der Waals surface area contributed by atoms with E-state index in [1.165, 1.54) is 5.56 Å². The standard InChI is InChI=1S/C13H17N3O/c1-8-4-5-11(9(2)6-8)13-15-12(16-17-13)10(3)7-14/h4-6,10H,7,14H2,1-3H3. The molecular weight excluding hydrogens is 214 g/mol. The van der Waals surface area contributed by atoms with Crippen LogP contribution in [0.4, 0.5) is 0 Å². The van der Waals surface area contributed by atoms with Gasteiger partial charge in [0.05, 0.1) is 0 Å². The second-order valence-electron chi connectivity index (χ2n) is 4.41. The highest BCUT2D eigenvalue weighted by atomic mass is 16.5. The molecule has 4 nitrogen and oxygen atoms in total. The number of rotatable bonds is 3. The molecule has 0 aliphatic carbocycles. The Labute approximate surface area is 101 Å². The fraction of sp³-hybridized carbons (Fsp3) is 0.385. The van der Waals surface area contributed by atoms with E-state index in [0.717, 1.165) is 11.1 Å². The van der Waals surface area contributed by atoms with E-state index in [1.807, 2.05) is 26.0 Å². The van der Waals surface area contributed by atoms with Crippen LogP contribution in [-0.4, -0.2) is 16.7 Å². The third-order valence-electron chi connectivity index (χ3n) is 2.85. The van der Waals surface area contributed by atoms with E-state index in [-0.39, 0.29) is 5.92 Å². The van der Waals surface area contributed by atoms with Crippen molar-refractivity contribution in [3.05, 3.63) is 35.2 Å². The molecule has 0 saturated heterocycles. The molecule has 0 fully saturated rings. The van der Waals surface area contributed by atoms with Crippen molar-refractivity contribution in [1.29, 1.82) is 0 Å². The summed E-state index contributed by atoms with van der Waals surface area (Å²) in [5.74, 6) is 1.36. The molecule has 1 atom stereocenters. The monoisotopic (exact) mass is 231 g/mol. The predicted octanol–water partition coefficient (Wildman–Crippen LogP) is 2.42. The summed E-state index contributed by atoms with van der Waals surface area (Å²) in [5.41, 5.74) is 8.93. The molecule has 17 heavy (non-hydrogen) atoms. The van der Waals surface area contributed by atoms with Crippen LogP contribution in [0.5, 0.6) is 0 Å². The number of nitrogens with two attached hydrogens (primary N) is 1. The summed E-state index contributed by atoms with van der Waals surface area (Å²) in [5, 5.41) is 3.96. The van der Waals surface area contributed by atoms with Gasteiger partial charge in [0.1, 0.15) is 0 Å². The summed E-state index contributed by atoms with van der Waals surface area (Å²) < 4.78 is 5.28. The number of aromatic nitrogens is 2. The first kappa shape index (κ1) is 11.8. The lowest BCUT2D eigenvalue weighted by Crippen LogP contribution is -2.10. The molecule has 0 radical (unpaired) electrons. The Morgan fingerprint density at radius 2 is 2.12 bits per heavy atom. The van der Waals surface area contributed by atoms with Gasteiger partial charge >= 0.3 is 0 Å². The van der Waals surface area contributed by atoms with E-state index in [9.17, 15) is 0 Å². The van der Waals surface area contributed by atoms with Crippen LogP contribution in [0.25, 0.3) is 11.5 Å². The Morgan fingerprint density at radius 3 is 2.76 bits per heavy atom. The average Bonchev–Trinajstić information content (AvgIpc) is 2.77. The highest BCUT2D eigenvalue weighted by Gasteiger charge is 2.14. The second-order valence-corrected chi connectivity index (χ2v) is 4.41. The van der Waals surface area contributed by atoms with Gasteiger partial charge in [-0.05, 0) is 25.5 Å². The molecule has 4 heteroatoms. The predicted molar refractivity (Wildman–Crippen MR) is 66.7 cm³/mol. The zero-order chi connectivity index (χ0) is 12.4. The van der Waals surface area contributed by atoms with Crippen LogP contribution in [0.2, 0.25) is 0 Å². The van der Waals surface area contributed by atoms with Crippen molar-refractivity contribution in [2.45, 2.75) is 26.7 Å². The summed E-state index contributed by atoms with van der Waals surface area (Å²) in [6.45, 7) is 6.60.